The van der Waals surface area contributed by atoms with Gasteiger partial charge >= 0.3 is 11.7 Å². The Morgan fingerprint density at radius 2 is 2.00 bits per heavy atom. The molecule has 0 fully saturated rings. The largest absolute Gasteiger partial charge is 0.467 e. The van der Waals surface area contributed by atoms with E-state index in [2.05, 4.69) is 19.7 Å². The number of halogens is 3. The van der Waals surface area contributed by atoms with Crippen molar-refractivity contribution in [1.29, 1.82) is 0 Å². The van der Waals surface area contributed by atoms with Crippen molar-refractivity contribution < 1.29 is 4.74 Å². The van der Waals surface area contributed by atoms with Crippen LogP contribution in [0.25, 0.3) is 0 Å². The minimum atomic E-state index is -1.80. The van der Waals surface area contributed by atoms with E-state index in [0.29, 0.717) is 0 Å². The third-order valence-corrected chi connectivity index (χ3v) is 1.62. The lowest BCUT2D eigenvalue weighted by atomic mass is 10.7. The Morgan fingerprint density at radius 1 is 1.38 bits per heavy atom. The summed E-state index contributed by atoms with van der Waals surface area (Å²) in [6.45, 7) is 0. The number of hydrogen-bond donors (Lipinski definition) is 1. The van der Waals surface area contributed by atoms with E-state index in [1.807, 2.05) is 0 Å². The van der Waals surface area contributed by atoms with Gasteiger partial charge in [0.1, 0.15) is 0 Å². The van der Waals surface area contributed by atoms with Gasteiger partial charge in [0.15, 0.2) is 5.82 Å². The number of aromatic amines is 1. The average Bonchev–Trinajstić information content (AvgIpc) is 2.01. The van der Waals surface area contributed by atoms with Crippen LogP contribution in [-0.2, 0) is 3.79 Å². The molecule has 1 aromatic rings. The molecule has 0 saturated heterocycles. The predicted molar refractivity (Wildman–Crippen MR) is 48.4 cm³/mol. The number of alkyl halides is 3. The smallest absolute Gasteiger partial charge is 0.351 e. The van der Waals surface area contributed by atoms with Crippen molar-refractivity contribution in [1.82, 2.24) is 15.0 Å². The van der Waals surface area contributed by atoms with E-state index >= 15 is 0 Å². The maximum atomic E-state index is 10.9. The van der Waals surface area contributed by atoms with Gasteiger partial charge < -0.3 is 4.74 Å². The highest BCUT2D eigenvalue weighted by molar-refractivity contribution is 6.66. The van der Waals surface area contributed by atoms with Crippen LogP contribution < -0.4 is 10.4 Å². The standard InChI is InChI=1S/C5H4Cl3N3O2/c1-13-4-10-2(5(6,7)8)9-3(12)11-4/h1H3,(H,9,10,11,12). The molecule has 0 unspecified atom stereocenters. The molecule has 72 valence electrons. The molecule has 0 radical (unpaired) electrons. The minimum absolute atomic E-state index is 0.130. The first-order chi connectivity index (χ1) is 5.93. The number of methoxy groups -OCH3 is 1. The molecule has 0 spiro atoms. The van der Waals surface area contributed by atoms with Gasteiger partial charge in [0, 0.05) is 0 Å². The van der Waals surface area contributed by atoms with Crippen molar-refractivity contribution in [2.45, 2.75) is 3.79 Å². The van der Waals surface area contributed by atoms with Gasteiger partial charge in [-0.05, 0) is 0 Å². The molecular formula is C5H4Cl3N3O2. The molecule has 0 aliphatic heterocycles. The summed E-state index contributed by atoms with van der Waals surface area (Å²) in [6.07, 6.45) is 0. The van der Waals surface area contributed by atoms with Crippen LogP contribution in [-0.4, -0.2) is 22.1 Å². The van der Waals surface area contributed by atoms with E-state index in [4.69, 9.17) is 34.8 Å². The average molecular weight is 244 g/mol. The Bertz CT molecular complexity index is 359. The van der Waals surface area contributed by atoms with Crippen molar-refractivity contribution >= 4 is 34.8 Å². The molecule has 1 heterocycles. The normalized spacial score (nSPS) is 11.4. The van der Waals surface area contributed by atoms with Gasteiger partial charge in [-0.25, -0.2) is 4.79 Å². The molecule has 1 rings (SSSR count). The zero-order valence-electron chi connectivity index (χ0n) is 6.34. The van der Waals surface area contributed by atoms with Crippen LogP contribution in [0.4, 0.5) is 0 Å². The van der Waals surface area contributed by atoms with Gasteiger partial charge in [-0.2, -0.15) is 4.98 Å². The number of nitrogens with one attached hydrogen (secondary N) is 1. The summed E-state index contributed by atoms with van der Waals surface area (Å²) in [5.74, 6) is -0.130. The summed E-state index contributed by atoms with van der Waals surface area (Å²) >= 11 is 16.4. The van der Waals surface area contributed by atoms with Gasteiger partial charge in [0.25, 0.3) is 0 Å². The maximum Gasteiger partial charge on any atom is 0.351 e. The molecule has 0 aromatic carbocycles. The molecule has 0 atom stereocenters. The SMILES string of the molecule is COc1nc(C(Cl)(Cl)Cl)[nH]c(=O)n1. The first-order valence-electron chi connectivity index (χ1n) is 3.03. The van der Waals surface area contributed by atoms with Crippen molar-refractivity contribution in [3.05, 3.63) is 16.3 Å². The van der Waals surface area contributed by atoms with Crippen molar-refractivity contribution in [2.24, 2.45) is 0 Å². The summed E-state index contributed by atoms with van der Waals surface area (Å²) in [5.41, 5.74) is -0.687. The predicted octanol–water partition coefficient (Wildman–Crippen LogP) is 1.00. The molecule has 1 N–H and O–H groups in total. The van der Waals surface area contributed by atoms with E-state index in [-0.39, 0.29) is 11.8 Å². The lowest BCUT2D eigenvalue weighted by Crippen LogP contribution is -2.20. The first-order valence-corrected chi connectivity index (χ1v) is 4.16. The fraction of sp³-hybridized carbons (Fsp3) is 0.400. The highest BCUT2D eigenvalue weighted by Gasteiger charge is 2.27. The Labute approximate surface area is 88.0 Å². The first kappa shape index (κ1) is 10.6. The fourth-order valence-electron chi connectivity index (χ4n) is 0.590. The molecule has 8 heteroatoms. The molecule has 0 aliphatic rings. The molecule has 5 nitrogen and oxygen atoms in total. The Morgan fingerprint density at radius 3 is 2.46 bits per heavy atom. The topological polar surface area (TPSA) is 67.9 Å². The van der Waals surface area contributed by atoms with Crippen molar-refractivity contribution in [3.63, 3.8) is 0 Å². The van der Waals surface area contributed by atoms with E-state index in [1.54, 1.807) is 0 Å². The van der Waals surface area contributed by atoms with Crippen LogP contribution in [0.2, 0.25) is 0 Å². The maximum absolute atomic E-state index is 10.9. The lowest BCUT2D eigenvalue weighted by molar-refractivity contribution is 0.373. The number of ether oxygens (including phenoxy) is 1. The van der Waals surface area contributed by atoms with Gasteiger partial charge in [0.2, 0.25) is 3.79 Å². The monoisotopic (exact) mass is 243 g/mol. The van der Waals surface area contributed by atoms with Gasteiger partial charge in [-0.15, -0.1) is 4.98 Å². The number of aromatic nitrogens is 3. The van der Waals surface area contributed by atoms with E-state index in [0.717, 1.165) is 0 Å². The van der Waals surface area contributed by atoms with Gasteiger partial charge in [-0.3, -0.25) is 4.98 Å². The van der Waals surface area contributed by atoms with Gasteiger partial charge in [-0.1, -0.05) is 34.8 Å². The summed E-state index contributed by atoms with van der Waals surface area (Å²) in [5, 5.41) is 0. The number of hydrogen-bond acceptors (Lipinski definition) is 4. The second-order valence-electron chi connectivity index (χ2n) is 1.99. The van der Waals surface area contributed by atoms with Crippen LogP contribution in [0.15, 0.2) is 4.79 Å². The molecule has 0 saturated carbocycles. The van der Waals surface area contributed by atoms with Gasteiger partial charge in [0.05, 0.1) is 7.11 Å². The second-order valence-corrected chi connectivity index (χ2v) is 4.27. The summed E-state index contributed by atoms with van der Waals surface area (Å²) in [4.78, 5) is 20.0. The zero-order valence-corrected chi connectivity index (χ0v) is 8.61. The quantitative estimate of drug-likeness (QED) is 0.748. The van der Waals surface area contributed by atoms with Crippen molar-refractivity contribution in [2.75, 3.05) is 7.11 Å². The highest BCUT2D eigenvalue weighted by atomic mass is 35.6. The molecule has 1 aromatic heterocycles. The Kier molecular flexibility index (Phi) is 3.00. The fourth-order valence-corrected chi connectivity index (χ4v) is 0.859. The molecule has 0 aliphatic carbocycles. The van der Waals surface area contributed by atoms with Crippen LogP contribution in [0.3, 0.4) is 0 Å². The number of H-pyrrole nitrogens is 1. The highest BCUT2D eigenvalue weighted by Crippen LogP contribution is 2.35. The molecular weight excluding hydrogens is 240 g/mol. The zero-order chi connectivity index (χ0) is 10.1. The summed E-state index contributed by atoms with van der Waals surface area (Å²) < 4.78 is 2.82. The Hall–Kier alpha value is -0.520. The van der Waals surface area contributed by atoms with E-state index < -0.39 is 9.48 Å². The number of rotatable bonds is 1. The number of nitrogens with zero attached hydrogens (tertiary/aromatic N) is 2. The second kappa shape index (κ2) is 3.69. The van der Waals surface area contributed by atoms with Crippen LogP contribution in [0, 0.1) is 0 Å². The minimum Gasteiger partial charge on any atom is -0.467 e. The third kappa shape index (κ3) is 2.72. The molecule has 0 amide bonds. The molecule has 0 bridgehead atoms. The third-order valence-electron chi connectivity index (χ3n) is 1.08. The van der Waals surface area contributed by atoms with Crippen molar-refractivity contribution in [3.8, 4) is 6.01 Å². The lowest BCUT2D eigenvalue weighted by Gasteiger charge is -2.08. The van der Waals surface area contributed by atoms with Crippen LogP contribution in [0.1, 0.15) is 5.82 Å². The Balaban J connectivity index is 3.24. The van der Waals surface area contributed by atoms with E-state index in [9.17, 15) is 4.79 Å². The molecule has 13 heavy (non-hydrogen) atoms. The summed E-state index contributed by atoms with van der Waals surface area (Å²) in [6, 6.07) is -0.148. The summed E-state index contributed by atoms with van der Waals surface area (Å²) in [7, 11) is 1.30. The van der Waals surface area contributed by atoms with E-state index in [1.165, 1.54) is 7.11 Å². The van der Waals surface area contributed by atoms with Crippen LogP contribution in [0.5, 0.6) is 6.01 Å². The van der Waals surface area contributed by atoms with Crippen LogP contribution >= 0.6 is 34.8 Å².